The lowest BCUT2D eigenvalue weighted by Gasteiger charge is -2.32. The Morgan fingerprint density at radius 1 is 0.648 bits per heavy atom. The maximum Gasteiger partial charge on any atom is 0.490 e. The number of hydrogen-bond donors (Lipinski definition) is 18. The molecule has 0 unspecified atom stereocenters. The van der Waals surface area contributed by atoms with Crippen LogP contribution >= 0.6 is 0 Å². The minimum absolute atomic E-state index is 0.00481. The summed E-state index contributed by atoms with van der Waals surface area (Å²) in [5.74, 6) is -19.5. The molecule has 1 saturated heterocycles. The standard InChI is InChI=1S/C46H75N13O15.2C2HF3O2/c1-8-22(6)30-42(70)58-31(23(7)61)41(69)52-18-28(62)56-33(35(64)37(48)65)44(72)55-27(19-60)45(73)74-36(24-13-10-9-11-14-24)29(47)40(68)59-32(34(63)21(4)5)43(71)54-26(17-20(2)3)39(67)53-25(38(66)57-30)15-12-16-51-46(49)50;2*3-2(4,5)1(6)7/h9-11,13-14,20-23,25-27,29-36,60-61,63-64H,8,12,15-19,47H2,1-7H3,(H2,48,65)(H,52,69)(H,53,67)(H,54,71)(H,55,72)(H,56,62)(H,57,66)(H,58,70)(H,59,68)(H4,49,50,51);2*(H,6,7)/t22-,23-,25+,26-,27-,29-,30-,31-,32-,33-,34+,35-,36+;;/m0../s1. The molecule has 32 nitrogen and oxygen atoms in total. The highest BCUT2D eigenvalue weighted by Crippen LogP contribution is 2.23. The molecule has 1 aliphatic rings. The van der Waals surface area contributed by atoms with Crippen molar-refractivity contribution in [2.75, 3.05) is 19.7 Å². The van der Waals surface area contributed by atoms with Crippen LogP contribution in [0.5, 0.6) is 0 Å². The molecule has 0 saturated carbocycles. The van der Waals surface area contributed by atoms with Crippen molar-refractivity contribution in [2.24, 2.45) is 45.7 Å². The molecule has 1 fully saturated rings. The number of aliphatic hydroxyl groups excluding tert-OH is 4. The van der Waals surface area contributed by atoms with Crippen LogP contribution in [0.3, 0.4) is 0 Å². The Balaban J connectivity index is 0.00000479. The van der Waals surface area contributed by atoms with Gasteiger partial charge in [0.15, 0.2) is 24.2 Å². The molecule has 22 N–H and O–H groups in total. The molecule has 0 bridgehead atoms. The van der Waals surface area contributed by atoms with Gasteiger partial charge in [-0.25, -0.2) is 14.4 Å². The highest BCUT2D eigenvalue weighted by Gasteiger charge is 2.42. The van der Waals surface area contributed by atoms with Crippen LogP contribution in [0.25, 0.3) is 0 Å². The van der Waals surface area contributed by atoms with Crippen LogP contribution in [-0.4, -0.2) is 206 Å². The second kappa shape index (κ2) is 37.3. The number of esters is 1. The summed E-state index contributed by atoms with van der Waals surface area (Å²) >= 11 is 0. The van der Waals surface area contributed by atoms with Crippen molar-refractivity contribution >= 4 is 77.0 Å². The Morgan fingerprint density at radius 2 is 1.11 bits per heavy atom. The summed E-state index contributed by atoms with van der Waals surface area (Å²) in [6.07, 6.45) is -17.6. The number of carboxylic acid groups (broad SMARTS) is 2. The van der Waals surface area contributed by atoms with Crippen LogP contribution in [0, 0.1) is 17.8 Å². The van der Waals surface area contributed by atoms with Gasteiger partial charge >= 0.3 is 30.3 Å². The van der Waals surface area contributed by atoms with E-state index in [-0.39, 0.29) is 49.7 Å². The maximum absolute atomic E-state index is 14.3. The Hall–Kier alpha value is -8.49. The summed E-state index contributed by atoms with van der Waals surface area (Å²) in [5, 5.41) is 75.8. The van der Waals surface area contributed by atoms with Gasteiger partial charge in [-0.05, 0) is 49.5 Å². The molecule has 2 rings (SSSR count). The third kappa shape index (κ3) is 27.9. The average molecular weight is 1280 g/mol. The first-order valence-corrected chi connectivity index (χ1v) is 26.5. The van der Waals surface area contributed by atoms with E-state index in [0.29, 0.717) is 0 Å². The molecule has 0 radical (unpaired) electrons. The first kappa shape index (κ1) is 79.5. The van der Waals surface area contributed by atoms with Crippen LogP contribution in [-0.2, 0) is 62.3 Å². The number of alkyl halides is 6. The van der Waals surface area contributed by atoms with Gasteiger partial charge in [0.1, 0.15) is 42.3 Å². The van der Waals surface area contributed by atoms with E-state index in [1.54, 1.807) is 33.8 Å². The lowest BCUT2D eigenvalue weighted by Crippen LogP contribution is -2.63. The molecule has 88 heavy (non-hydrogen) atoms. The normalized spacial score (nSPS) is 24.2. The Morgan fingerprint density at radius 3 is 1.57 bits per heavy atom. The molecule has 498 valence electrons. The van der Waals surface area contributed by atoms with Crippen molar-refractivity contribution in [1.29, 1.82) is 0 Å². The summed E-state index contributed by atoms with van der Waals surface area (Å²) in [4.78, 5) is 159. The number of cyclic esters (lactones) is 1. The number of primary amides is 1. The van der Waals surface area contributed by atoms with E-state index in [9.17, 15) is 94.7 Å². The number of carboxylic acids is 2. The number of halogens is 6. The summed E-state index contributed by atoms with van der Waals surface area (Å²) in [5.41, 5.74) is 22.7. The molecule has 0 aliphatic carbocycles. The molecule has 13 atom stereocenters. The lowest BCUT2D eigenvalue weighted by molar-refractivity contribution is -0.193. The van der Waals surface area contributed by atoms with E-state index in [0.717, 1.165) is 6.92 Å². The van der Waals surface area contributed by atoms with E-state index in [2.05, 4.69) is 36.9 Å². The van der Waals surface area contributed by atoms with E-state index in [4.69, 9.17) is 47.5 Å². The first-order valence-electron chi connectivity index (χ1n) is 26.5. The third-order valence-corrected chi connectivity index (χ3v) is 12.3. The summed E-state index contributed by atoms with van der Waals surface area (Å²) in [6.45, 7) is 8.64. The van der Waals surface area contributed by atoms with E-state index in [1.807, 2.05) is 10.6 Å². The molecule has 38 heteroatoms. The fourth-order valence-electron chi connectivity index (χ4n) is 7.28. The number of amides is 9. The molecule has 9 amide bonds. The quantitative estimate of drug-likeness (QED) is 0.0257. The molecule has 1 aliphatic heterocycles. The lowest BCUT2D eigenvalue weighted by atomic mass is 9.96. The van der Waals surface area contributed by atoms with Gasteiger partial charge in [0.2, 0.25) is 53.2 Å². The highest BCUT2D eigenvalue weighted by atomic mass is 19.4. The number of carbonyl (C=O) groups excluding carboxylic acids is 10. The monoisotopic (exact) mass is 1280 g/mol. The Labute approximate surface area is 498 Å². The number of carbonyl (C=O) groups is 12. The number of aliphatic carboxylic acids is 2. The SMILES string of the molecule is CC[C@H](C)[C@@H]1NC(=O)[C@@H](CCCN=C(N)N)NC(=O)[C@H](CC(C)C)NC(=O)[C@H]([C@H](O)C(C)C)NC(=O)[C@@H](N)[C@@H](c2ccccc2)OC(=O)[C@H](CO)NC(=O)[C@H]([C@H](O)C(N)=O)NC(=O)CNC(=O)[C@H]([C@H](C)O)NC1=O.O=C(O)C(F)(F)F.O=C(O)C(F)(F)F. The number of ether oxygens (including phenoxy) is 1. The molecular weight excluding hydrogens is 1200 g/mol. The number of guanidine groups is 1. The molecule has 0 aromatic heterocycles. The Bertz CT molecular complexity index is 2560. The van der Waals surface area contributed by atoms with Gasteiger partial charge in [-0.3, -0.25) is 48.1 Å². The fraction of sp³-hybridized carbons (Fsp3) is 0.620. The average Bonchev–Trinajstić information content (AvgIpc) is 2.86. The topological polar surface area (TPSA) is 548 Å². The molecule has 1 heterocycles. The number of hydrogen-bond acceptors (Lipinski definition) is 19. The minimum atomic E-state index is -5.08. The zero-order valence-corrected chi connectivity index (χ0v) is 48.5. The van der Waals surface area contributed by atoms with Crippen molar-refractivity contribution in [3.63, 3.8) is 0 Å². The number of nitrogens with two attached hydrogens (primary N) is 4. The zero-order valence-electron chi connectivity index (χ0n) is 48.5. The van der Waals surface area contributed by atoms with E-state index >= 15 is 0 Å². The van der Waals surface area contributed by atoms with E-state index in [1.165, 1.54) is 38.1 Å². The largest absolute Gasteiger partial charge is 0.490 e. The summed E-state index contributed by atoms with van der Waals surface area (Å²) in [6, 6.07) is -6.91. The van der Waals surface area contributed by atoms with Gasteiger partial charge in [0.05, 0.1) is 25.4 Å². The van der Waals surface area contributed by atoms with Crippen LogP contribution < -0.4 is 65.5 Å². The van der Waals surface area contributed by atoms with Crippen molar-refractivity contribution in [3.8, 4) is 0 Å². The Kier molecular flexibility index (Phi) is 33.7. The number of aliphatic imine (C=N–C) groups is 1. The predicted molar refractivity (Wildman–Crippen MR) is 291 cm³/mol. The van der Waals surface area contributed by atoms with Crippen LogP contribution in [0.4, 0.5) is 26.3 Å². The van der Waals surface area contributed by atoms with Crippen LogP contribution in [0.1, 0.15) is 85.8 Å². The minimum Gasteiger partial charge on any atom is -0.475 e. The molecule has 1 aromatic carbocycles. The third-order valence-electron chi connectivity index (χ3n) is 12.3. The van der Waals surface area contributed by atoms with Crippen LogP contribution in [0.15, 0.2) is 35.3 Å². The number of benzene rings is 1. The fourth-order valence-corrected chi connectivity index (χ4v) is 7.28. The van der Waals surface area contributed by atoms with Gasteiger partial charge in [-0.1, -0.05) is 78.3 Å². The van der Waals surface area contributed by atoms with E-state index < -0.39 is 181 Å². The van der Waals surface area contributed by atoms with Crippen molar-refractivity contribution in [3.05, 3.63) is 35.9 Å². The van der Waals surface area contributed by atoms with Crippen molar-refractivity contribution < 1.29 is 119 Å². The summed E-state index contributed by atoms with van der Waals surface area (Å²) < 4.78 is 69.1. The smallest absolute Gasteiger partial charge is 0.475 e. The predicted octanol–water partition coefficient (Wildman–Crippen LogP) is -5.23. The molecule has 0 spiro atoms. The second-order valence-corrected chi connectivity index (χ2v) is 20.3. The molecular formula is C50H77F6N13O19. The van der Waals surface area contributed by atoms with Crippen molar-refractivity contribution in [1.82, 2.24) is 42.5 Å². The van der Waals surface area contributed by atoms with Gasteiger partial charge < -0.3 is 101 Å². The number of aliphatic hydroxyl groups is 4. The first-order chi connectivity index (χ1) is 40.5. The second-order valence-electron chi connectivity index (χ2n) is 20.3. The van der Waals surface area contributed by atoms with Gasteiger partial charge in [0.25, 0.3) is 0 Å². The summed E-state index contributed by atoms with van der Waals surface area (Å²) in [7, 11) is 0. The number of nitrogens with one attached hydrogen (secondary N) is 8. The van der Waals surface area contributed by atoms with Crippen LogP contribution in [0.2, 0.25) is 0 Å². The number of rotatable bonds is 15. The number of nitrogens with zero attached hydrogens (tertiary/aromatic N) is 1. The van der Waals surface area contributed by atoms with Crippen molar-refractivity contribution in [2.45, 2.75) is 159 Å². The maximum atomic E-state index is 14.3. The van der Waals surface area contributed by atoms with Gasteiger partial charge in [-0.2, -0.15) is 26.3 Å². The highest BCUT2D eigenvalue weighted by molar-refractivity contribution is 5.99. The van der Waals surface area contributed by atoms with Gasteiger partial charge in [-0.15, -0.1) is 0 Å². The molecule has 1 aromatic rings. The zero-order chi connectivity index (χ0) is 68.3. The van der Waals surface area contributed by atoms with Gasteiger partial charge in [0, 0.05) is 6.54 Å².